The Morgan fingerprint density at radius 2 is 1.97 bits per heavy atom. The lowest BCUT2D eigenvalue weighted by Crippen LogP contribution is -2.11. The fraction of sp³-hybridized carbons (Fsp3) is 0.211. The van der Waals surface area contributed by atoms with Gasteiger partial charge in [0, 0.05) is 37.5 Å². The zero-order chi connectivity index (χ0) is 20.9. The van der Waals surface area contributed by atoms with Crippen LogP contribution in [-0.2, 0) is 4.74 Å². The van der Waals surface area contributed by atoms with E-state index in [0.29, 0.717) is 36.1 Å². The third-order valence-corrected chi connectivity index (χ3v) is 4.32. The van der Waals surface area contributed by atoms with E-state index in [1.165, 1.54) is 10.7 Å². The predicted octanol–water partition coefficient (Wildman–Crippen LogP) is 1.99. The summed E-state index contributed by atoms with van der Waals surface area (Å²) in [6, 6.07) is 9.56. The topological polar surface area (TPSA) is 127 Å². The van der Waals surface area contributed by atoms with Crippen LogP contribution in [0.2, 0.25) is 0 Å². The molecule has 3 aromatic heterocycles. The van der Waals surface area contributed by atoms with Gasteiger partial charge < -0.3 is 20.1 Å². The summed E-state index contributed by atoms with van der Waals surface area (Å²) in [7, 11) is 3.23. The van der Waals surface area contributed by atoms with Crippen LogP contribution in [0.3, 0.4) is 0 Å². The number of nitrogens with one attached hydrogen (secondary N) is 2. The number of nitrogens with zero attached hydrogens (tertiary/aromatic N) is 7. The van der Waals surface area contributed by atoms with Crippen LogP contribution in [0.4, 0.5) is 17.2 Å². The Bertz CT molecular complexity index is 1190. The van der Waals surface area contributed by atoms with Crippen molar-refractivity contribution in [1.29, 1.82) is 5.26 Å². The summed E-state index contributed by atoms with van der Waals surface area (Å²) < 4.78 is 13.8. The summed E-state index contributed by atoms with van der Waals surface area (Å²) in [4.78, 5) is 4.30. The molecule has 152 valence electrons. The predicted molar refractivity (Wildman–Crippen MR) is 109 cm³/mol. The lowest BCUT2D eigenvalue weighted by Gasteiger charge is -2.13. The van der Waals surface area contributed by atoms with Gasteiger partial charge in [-0.3, -0.25) is 4.57 Å². The smallest absolute Gasteiger partial charge is 0.178 e. The maximum absolute atomic E-state index is 9.38. The molecule has 1 aromatic carbocycles. The largest absolute Gasteiger partial charge is 0.497 e. The Kier molecular flexibility index (Phi) is 5.40. The van der Waals surface area contributed by atoms with Crippen molar-refractivity contribution in [2.24, 2.45) is 0 Å². The monoisotopic (exact) mass is 405 g/mol. The minimum Gasteiger partial charge on any atom is -0.497 e. The second-order valence-electron chi connectivity index (χ2n) is 6.27. The summed E-state index contributed by atoms with van der Waals surface area (Å²) in [5.74, 6) is 1.18. The number of anilines is 3. The Hall–Kier alpha value is -4.17. The van der Waals surface area contributed by atoms with Crippen molar-refractivity contribution in [2.75, 3.05) is 38.0 Å². The molecule has 0 aliphatic heterocycles. The fourth-order valence-electron chi connectivity index (χ4n) is 2.93. The number of fused-ring (bicyclic) bond motifs is 1. The van der Waals surface area contributed by atoms with Crippen molar-refractivity contribution in [3.05, 3.63) is 48.8 Å². The minimum atomic E-state index is 0.333. The second-order valence-corrected chi connectivity index (χ2v) is 6.27. The van der Waals surface area contributed by atoms with E-state index in [4.69, 9.17) is 9.47 Å². The molecule has 3 heterocycles. The van der Waals surface area contributed by atoms with Gasteiger partial charge in [0.05, 0.1) is 31.3 Å². The standard InChI is InChI=1S/C19H19N9O2/c1-29-4-3-21-17-8-18(26-28-15(9-20)10-22-19(17)28)25-13-5-14(7-16(6-13)30-2)27-11-23-24-12-27/h5-8,10-12,21H,3-4H2,1-2H3,(H,25,26). The highest BCUT2D eigenvalue weighted by molar-refractivity contribution is 5.73. The number of benzene rings is 1. The molecular formula is C19H19N9O2. The zero-order valence-corrected chi connectivity index (χ0v) is 16.4. The Morgan fingerprint density at radius 3 is 2.70 bits per heavy atom. The van der Waals surface area contributed by atoms with Crippen LogP contribution >= 0.6 is 0 Å². The molecule has 2 N–H and O–H groups in total. The molecule has 0 saturated heterocycles. The molecule has 0 amide bonds. The van der Waals surface area contributed by atoms with Gasteiger partial charge in [-0.1, -0.05) is 0 Å². The average Bonchev–Trinajstić information content (AvgIpc) is 3.43. The van der Waals surface area contributed by atoms with Gasteiger partial charge in [0.15, 0.2) is 17.2 Å². The van der Waals surface area contributed by atoms with Crippen molar-refractivity contribution in [3.63, 3.8) is 0 Å². The van der Waals surface area contributed by atoms with Crippen molar-refractivity contribution >= 4 is 22.8 Å². The quantitative estimate of drug-likeness (QED) is 0.423. The van der Waals surface area contributed by atoms with Gasteiger partial charge in [-0.25, -0.2) is 4.98 Å². The lowest BCUT2D eigenvalue weighted by atomic mass is 10.2. The third-order valence-electron chi connectivity index (χ3n) is 4.32. The first kappa shape index (κ1) is 19.2. The van der Waals surface area contributed by atoms with E-state index in [-0.39, 0.29) is 0 Å². The molecule has 11 heteroatoms. The SMILES string of the molecule is COCCNc1cc(Nc2cc(OC)cc(-n3cnnc3)c2)nn2c(C#N)cnc12. The number of hydrogen-bond donors (Lipinski definition) is 2. The zero-order valence-electron chi connectivity index (χ0n) is 16.4. The molecule has 4 aromatic rings. The first-order valence-electron chi connectivity index (χ1n) is 9.04. The summed E-state index contributed by atoms with van der Waals surface area (Å²) in [5.41, 5.74) is 3.18. The molecule has 0 spiro atoms. The molecule has 4 rings (SSSR count). The van der Waals surface area contributed by atoms with Gasteiger partial charge in [-0.05, 0) is 6.07 Å². The fourth-order valence-corrected chi connectivity index (χ4v) is 2.93. The third kappa shape index (κ3) is 3.85. The lowest BCUT2D eigenvalue weighted by molar-refractivity contribution is 0.211. The molecule has 0 bridgehead atoms. The van der Waals surface area contributed by atoms with E-state index in [2.05, 4.69) is 37.0 Å². The number of hydrogen-bond acceptors (Lipinski definition) is 9. The van der Waals surface area contributed by atoms with E-state index < -0.39 is 0 Å². The van der Waals surface area contributed by atoms with Crippen LogP contribution < -0.4 is 15.4 Å². The average molecular weight is 405 g/mol. The Labute approximate surface area is 171 Å². The van der Waals surface area contributed by atoms with E-state index in [9.17, 15) is 5.26 Å². The van der Waals surface area contributed by atoms with Gasteiger partial charge >= 0.3 is 0 Å². The first-order valence-corrected chi connectivity index (χ1v) is 9.04. The number of methoxy groups -OCH3 is 2. The molecule has 0 saturated carbocycles. The van der Waals surface area contributed by atoms with Gasteiger partial charge in [0.2, 0.25) is 0 Å². The normalized spacial score (nSPS) is 10.7. The number of imidazole rings is 1. The van der Waals surface area contributed by atoms with Gasteiger partial charge in [0.25, 0.3) is 0 Å². The highest BCUT2D eigenvalue weighted by Gasteiger charge is 2.12. The van der Waals surface area contributed by atoms with Crippen LogP contribution in [0, 0.1) is 11.3 Å². The van der Waals surface area contributed by atoms with Crippen LogP contribution in [0.5, 0.6) is 5.75 Å². The van der Waals surface area contributed by atoms with Crippen LogP contribution in [0.15, 0.2) is 43.1 Å². The van der Waals surface area contributed by atoms with Crippen LogP contribution in [0.1, 0.15) is 5.69 Å². The van der Waals surface area contributed by atoms with Crippen LogP contribution in [0.25, 0.3) is 11.3 Å². The molecule has 0 aliphatic rings. The Morgan fingerprint density at radius 1 is 1.13 bits per heavy atom. The van der Waals surface area contributed by atoms with E-state index in [1.807, 2.05) is 24.3 Å². The van der Waals surface area contributed by atoms with E-state index in [0.717, 1.165) is 17.1 Å². The molecule has 0 fully saturated rings. The number of nitriles is 1. The summed E-state index contributed by atoms with van der Waals surface area (Å²) in [6.07, 6.45) is 4.69. The number of aromatic nitrogens is 6. The summed E-state index contributed by atoms with van der Waals surface area (Å²) in [5, 5.41) is 28.1. The molecule has 0 atom stereocenters. The van der Waals surface area contributed by atoms with E-state index >= 15 is 0 Å². The highest BCUT2D eigenvalue weighted by Crippen LogP contribution is 2.27. The first-order chi connectivity index (χ1) is 14.7. The molecule has 11 nitrogen and oxygen atoms in total. The van der Waals surface area contributed by atoms with Gasteiger partial charge in [0.1, 0.15) is 24.5 Å². The molecule has 0 radical (unpaired) electrons. The minimum absolute atomic E-state index is 0.333. The van der Waals surface area contributed by atoms with Crippen molar-refractivity contribution in [3.8, 4) is 17.5 Å². The van der Waals surface area contributed by atoms with E-state index in [1.54, 1.807) is 31.4 Å². The summed E-state index contributed by atoms with van der Waals surface area (Å²) in [6.45, 7) is 1.11. The van der Waals surface area contributed by atoms with Gasteiger partial charge in [-0.15, -0.1) is 15.3 Å². The Balaban J connectivity index is 1.73. The number of ether oxygens (including phenoxy) is 2. The van der Waals surface area contributed by atoms with Crippen molar-refractivity contribution in [2.45, 2.75) is 0 Å². The van der Waals surface area contributed by atoms with Crippen molar-refractivity contribution < 1.29 is 9.47 Å². The maximum Gasteiger partial charge on any atom is 0.178 e. The summed E-state index contributed by atoms with van der Waals surface area (Å²) >= 11 is 0. The van der Waals surface area contributed by atoms with Crippen molar-refractivity contribution in [1.82, 2.24) is 29.4 Å². The maximum atomic E-state index is 9.38. The molecule has 0 aliphatic carbocycles. The van der Waals surface area contributed by atoms with Gasteiger partial charge in [-0.2, -0.15) is 9.78 Å². The number of rotatable bonds is 8. The second kappa shape index (κ2) is 8.46. The highest BCUT2D eigenvalue weighted by atomic mass is 16.5. The molecule has 0 unspecified atom stereocenters. The van der Waals surface area contributed by atoms with Crippen LogP contribution in [-0.4, -0.2) is 56.7 Å². The molecular weight excluding hydrogens is 386 g/mol. The molecule has 30 heavy (non-hydrogen) atoms.